The maximum absolute atomic E-state index is 12.4. The van der Waals surface area contributed by atoms with E-state index < -0.39 is 23.3 Å². The van der Waals surface area contributed by atoms with Gasteiger partial charge in [-0.25, -0.2) is 4.79 Å². The Balaban J connectivity index is 2.08. The zero-order valence-corrected chi connectivity index (χ0v) is 15.7. The first-order valence-electron chi connectivity index (χ1n) is 9.05. The second-order valence-electron chi connectivity index (χ2n) is 6.37. The highest BCUT2D eigenvalue weighted by Gasteiger charge is 2.25. The third kappa shape index (κ3) is 3.40. The number of carbonyl (C=O) groups excluding carboxylic acids is 3. The normalized spacial score (nSPS) is 13.6. The summed E-state index contributed by atoms with van der Waals surface area (Å²) in [6.07, 6.45) is 2.49. The summed E-state index contributed by atoms with van der Waals surface area (Å²) in [6.45, 7) is 5.63. The van der Waals surface area contributed by atoms with Gasteiger partial charge in [0.1, 0.15) is 11.1 Å². The molecule has 0 atom stereocenters. The van der Waals surface area contributed by atoms with Crippen LogP contribution in [0.15, 0.2) is 39.6 Å². The third-order valence-corrected chi connectivity index (χ3v) is 4.86. The zero-order chi connectivity index (χ0) is 20.4. The van der Waals surface area contributed by atoms with E-state index in [2.05, 4.69) is 4.90 Å². The van der Waals surface area contributed by atoms with Crippen LogP contribution >= 0.6 is 0 Å². The molecule has 2 N–H and O–H groups in total. The fourth-order valence-electron chi connectivity index (χ4n) is 3.42. The molecule has 1 aromatic carbocycles. The molecule has 8 nitrogen and oxygen atoms in total. The minimum absolute atomic E-state index is 0.0291. The van der Waals surface area contributed by atoms with Gasteiger partial charge < -0.3 is 15.1 Å². The molecule has 28 heavy (non-hydrogen) atoms. The largest absolute Gasteiger partial charge is 0.422 e. The summed E-state index contributed by atoms with van der Waals surface area (Å²) in [6, 6.07) is 5.38. The molecule has 0 aliphatic carbocycles. The van der Waals surface area contributed by atoms with Crippen molar-refractivity contribution in [2.75, 3.05) is 24.5 Å². The summed E-state index contributed by atoms with van der Waals surface area (Å²) in [7, 11) is 0. The summed E-state index contributed by atoms with van der Waals surface area (Å²) in [5.41, 5.74) is 5.89. The van der Waals surface area contributed by atoms with Gasteiger partial charge in [0.25, 0.3) is 17.7 Å². The molecule has 3 rings (SSSR count). The highest BCUT2D eigenvalue weighted by molar-refractivity contribution is 6.13. The SMILES string of the molecule is CCN(CC)c1ccc2c(CCN3C(=O)C=CC3=O)c(C(N)=O)c(=O)oc2c1. The smallest absolute Gasteiger partial charge is 0.349 e. The Morgan fingerprint density at radius 3 is 2.32 bits per heavy atom. The standard InChI is InChI=1S/C20H21N3O5/c1-3-22(4-2)12-5-6-13-14(9-10-23-16(24)7-8-17(23)25)18(19(21)26)20(27)28-15(13)11-12/h5-8,11H,3-4,9-10H2,1-2H3,(H2,21,26). The Bertz CT molecular complexity index is 1030. The van der Waals surface area contributed by atoms with E-state index in [-0.39, 0.29) is 18.5 Å². The van der Waals surface area contributed by atoms with Gasteiger partial charge in [0.2, 0.25) is 0 Å². The topological polar surface area (TPSA) is 114 Å². The lowest BCUT2D eigenvalue weighted by Crippen LogP contribution is -2.33. The quantitative estimate of drug-likeness (QED) is 0.568. The summed E-state index contributed by atoms with van der Waals surface area (Å²) in [5, 5.41) is 0.552. The molecule has 1 aromatic heterocycles. The van der Waals surface area contributed by atoms with Crippen LogP contribution in [0.1, 0.15) is 29.8 Å². The molecule has 3 amide bonds. The van der Waals surface area contributed by atoms with Crippen molar-refractivity contribution in [2.24, 2.45) is 5.73 Å². The van der Waals surface area contributed by atoms with Gasteiger partial charge >= 0.3 is 5.63 Å². The molecular weight excluding hydrogens is 362 g/mol. The van der Waals surface area contributed by atoms with E-state index in [0.717, 1.165) is 23.7 Å². The van der Waals surface area contributed by atoms with Crippen LogP contribution in [0, 0.1) is 0 Å². The van der Waals surface area contributed by atoms with Crippen molar-refractivity contribution in [3.05, 3.63) is 51.9 Å². The number of hydrogen-bond acceptors (Lipinski definition) is 6. The molecule has 146 valence electrons. The molecule has 0 saturated carbocycles. The predicted octanol–water partition coefficient (Wildman–Crippen LogP) is 1.21. The number of rotatable bonds is 7. The van der Waals surface area contributed by atoms with Crippen LogP contribution in [0.4, 0.5) is 5.69 Å². The van der Waals surface area contributed by atoms with E-state index in [1.165, 1.54) is 12.2 Å². The molecule has 2 heterocycles. The van der Waals surface area contributed by atoms with E-state index in [1.54, 1.807) is 12.1 Å². The average molecular weight is 383 g/mol. The zero-order valence-electron chi connectivity index (χ0n) is 15.7. The lowest BCUT2D eigenvalue weighted by atomic mass is 10.00. The van der Waals surface area contributed by atoms with Crippen molar-refractivity contribution in [1.29, 1.82) is 0 Å². The van der Waals surface area contributed by atoms with Gasteiger partial charge in [-0.3, -0.25) is 19.3 Å². The first-order chi connectivity index (χ1) is 13.4. The van der Waals surface area contributed by atoms with Gasteiger partial charge in [0.05, 0.1) is 0 Å². The van der Waals surface area contributed by atoms with Gasteiger partial charge in [-0.15, -0.1) is 0 Å². The number of nitrogens with two attached hydrogens (primary N) is 1. The predicted molar refractivity (Wildman–Crippen MR) is 104 cm³/mol. The lowest BCUT2D eigenvalue weighted by molar-refractivity contribution is -0.136. The van der Waals surface area contributed by atoms with Crippen LogP contribution in [0.25, 0.3) is 11.0 Å². The Hall–Kier alpha value is -3.42. The molecule has 0 radical (unpaired) electrons. The second-order valence-corrected chi connectivity index (χ2v) is 6.37. The number of anilines is 1. The van der Waals surface area contributed by atoms with E-state index in [0.29, 0.717) is 16.5 Å². The Labute approximate surface area is 161 Å². The molecule has 0 fully saturated rings. The summed E-state index contributed by atoms with van der Waals surface area (Å²) < 4.78 is 5.35. The van der Waals surface area contributed by atoms with Crippen molar-refractivity contribution >= 4 is 34.4 Å². The second kappa shape index (κ2) is 7.67. The molecule has 1 aliphatic heterocycles. The number of nitrogens with zero attached hydrogens (tertiary/aromatic N) is 2. The highest BCUT2D eigenvalue weighted by Crippen LogP contribution is 2.26. The number of fused-ring (bicyclic) bond motifs is 1. The van der Waals surface area contributed by atoms with Crippen LogP contribution in [-0.4, -0.2) is 42.3 Å². The molecule has 0 spiro atoms. The van der Waals surface area contributed by atoms with E-state index in [4.69, 9.17) is 10.2 Å². The number of carbonyl (C=O) groups is 3. The average Bonchev–Trinajstić information content (AvgIpc) is 2.97. The number of amides is 3. The maximum Gasteiger partial charge on any atom is 0.349 e. The van der Waals surface area contributed by atoms with Crippen molar-refractivity contribution in [3.8, 4) is 0 Å². The Kier molecular flexibility index (Phi) is 5.30. The first-order valence-corrected chi connectivity index (χ1v) is 9.05. The Morgan fingerprint density at radius 1 is 1.11 bits per heavy atom. The number of hydrogen-bond donors (Lipinski definition) is 1. The summed E-state index contributed by atoms with van der Waals surface area (Å²) in [4.78, 5) is 51.0. The summed E-state index contributed by atoms with van der Waals surface area (Å²) in [5.74, 6) is -1.76. The number of benzene rings is 1. The fraction of sp³-hybridized carbons (Fsp3) is 0.300. The number of primary amides is 1. The minimum Gasteiger partial charge on any atom is -0.422 e. The molecule has 0 unspecified atom stereocenters. The van der Waals surface area contributed by atoms with Crippen LogP contribution in [0.2, 0.25) is 0 Å². The van der Waals surface area contributed by atoms with Crippen molar-refractivity contribution in [3.63, 3.8) is 0 Å². The van der Waals surface area contributed by atoms with Gasteiger partial charge in [0, 0.05) is 48.9 Å². The number of imide groups is 1. The van der Waals surface area contributed by atoms with Crippen molar-refractivity contribution in [2.45, 2.75) is 20.3 Å². The first kappa shape index (κ1) is 19.3. The molecule has 0 saturated heterocycles. The molecule has 2 aromatic rings. The van der Waals surface area contributed by atoms with E-state index in [9.17, 15) is 19.2 Å². The highest BCUT2D eigenvalue weighted by atomic mass is 16.4. The monoisotopic (exact) mass is 383 g/mol. The van der Waals surface area contributed by atoms with E-state index in [1.807, 2.05) is 19.9 Å². The maximum atomic E-state index is 12.4. The van der Waals surface area contributed by atoms with Gasteiger partial charge in [-0.1, -0.05) is 0 Å². The minimum atomic E-state index is -0.907. The van der Waals surface area contributed by atoms with Crippen molar-refractivity contribution in [1.82, 2.24) is 4.90 Å². The molecular formula is C20H21N3O5. The van der Waals surface area contributed by atoms with E-state index >= 15 is 0 Å². The fourth-order valence-corrected chi connectivity index (χ4v) is 3.42. The molecule has 1 aliphatic rings. The van der Waals surface area contributed by atoms with Gasteiger partial charge in [-0.05, 0) is 38.0 Å². The third-order valence-electron chi connectivity index (χ3n) is 4.86. The van der Waals surface area contributed by atoms with Crippen LogP contribution < -0.4 is 16.3 Å². The molecule has 0 bridgehead atoms. The van der Waals surface area contributed by atoms with Crippen LogP contribution in [-0.2, 0) is 16.0 Å². The summed E-state index contributed by atoms with van der Waals surface area (Å²) >= 11 is 0. The van der Waals surface area contributed by atoms with Gasteiger partial charge in [-0.2, -0.15) is 0 Å². The van der Waals surface area contributed by atoms with Crippen LogP contribution in [0.3, 0.4) is 0 Å². The lowest BCUT2D eigenvalue weighted by Gasteiger charge is -2.21. The van der Waals surface area contributed by atoms with Crippen molar-refractivity contribution < 1.29 is 18.8 Å². The Morgan fingerprint density at radius 2 is 1.75 bits per heavy atom. The van der Waals surface area contributed by atoms with Crippen LogP contribution in [0.5, 0.6) is 0 Å². The van der Waals surface area contributed by atoms with Gasteiger partial charge in [0.15, 0.2) is 0 Å². The molecule has 8 heteroatoms.